The third kappa shape index (κ3) is 3.57. The molecule has 0 unspecified atom stereocenters. The zero-order valence-corrected chi connectivity index (χ0v) is 18.9. The van der Waals surface area contributed by atoms with E-state index >= 15 is 0 Å². The largest absolute Gasteiger partial charge is 0.430 e. The van der Waals surface area contributed by atoms with Gasteiger partial charge in [-0.05, 0) is 18.1 Å². The van der Waals surface area contributed by atoms with Crippen molar-refractivity contribution in [1.29, 1.82) is 0 Å². The van der Waals surface area contributed by atoms with Crippen LogP contribution in [-0.4, -0.2) is 16.9 Å². The molecule has 4 aromatic carbocycles. The SMILES string of the molecule is C[C@@H](C(=O)N1C(=O)OC(c2ccccc2)(c2ccccc2)[C@H]1c1ccccc1)c1ccccc1. The Balaban J connectivity index is 1.73. The van der Waals surface area contributed by atoms with Crippen LogP contribution in [0.5, 0.6) is 0 Å². The number of nitrogens with zero attached hydrogens (tertiary/aromatic N) is 1. The average molecular weight is 448 g/mol. The lowest BCUT2D eigenvalue weighted by Crippen LogP contribution is -2.41. The molecule has 1 aliphatic rings. The van der Waals surface area contributed by atoms with Gasteiger partial charge in [0.05, 0.1) is 5.92 Å². The molecule has 1 fully saturated rings. The monoisotopic (exact) mass is 447 g/mol. The maximum Gasteiger partial charge on any atom is 0.418 e. The van der Waals surface area contributed by atoms with Crippen LogP contribution in [0.15, 0.2) is 121 Å². The first kappa shape index (κ1) is 21.7. The summed E-state index contributed by atoms with van der Waals surface area (Å²) in [4.78, 5) is 28.8. The highest BCUT2D eigenvalue weighted by Gasteiger charge is 2.59. The molecule has 0 N–H and O–H groups in total. The fourth-order valence-electron chi connectivity index (χ4n) is 4.83. The molecule has 34 heavy (non-hydrogen) atoms. The van der Waals surface area contributed by atoms with Crippen LogP contribution >= 0.6 is 0 Å². The molecule has 4 heteroatoms. The van der Waals surface area contributed by atoms with Gasteiger partial charge in [0, 0.05) is 11.1 Å². The lowest BCUT2D eigenvalue weighted by Gasteiger charge is -2.36. The van der Waals surface area contributed by atoms with Crippen molar-refractivity contribution < 1.29 is 14.3 Å². The lowest BCUT2D eigenvalue weighted by molar-refractivity contribution is -0.131. The second-order valence-corrected chi connectivity index (χ2v) is 8.49. The van der Waals surface area contributed by atoms with Crippen LogP contribution in [0.4, 0.5) is 4.79 Å². The molecule has 0 aliphatic carbocycles. The number of hydrogen-bond donors (Lipinski definition) is 0. The Hall–Kier alpha value is -4.18. The molecule has 0 aromatic heterocycles. The van der Waals surface area contributed by atoms with E-state index in [4.69, 9.17) is 4.74 Å². The van der Waals surface area contributed by atoms with E-state index in [9.17, 15) is 9.59 Å². The van der Waals surface area contributed by atoms with Gasteiger partial charge in [-0.15, -0.1) is 0 Å². The zero-order valence-electron chi connectivity index (χ0n) is 18.9. The van der Waals surface area contributed by atoms with Gasteiger partial charge in [-0.3, -0.25) is 4.79 Å². The van der Waals surface area contributed by atoms with Crippen LogP contribution in [0.1, 0.15) is 41.1 Å². The fraction of sp³-hybridized carbons (Fsp3) is 0.133. The van der Waals surface area contributed by atoms with Gasteiger partial charge in [0.15, 0.2) is 5.60 Å². The summed E-state index contributed by atoms with van der Waals surface area (Å²) in [6.45, 7) is 1.83. The standard InChI is InChI=1S/C30H25NO3/c1-22(23-14-6-2-7-15-23)28(32)31-27(24-16-8-3-9-17-24)30(34-29(31)33,25-18-10-4-11-19-25)26-20-12-5-13-21-26/h2-22,27H,1H3/t22-,27-/m1/s1. The number of imide groups is 1. The van der Waals surface area contributed by atoms with Gasteiger partial charge in [-0.2, -0.15) is 0 Å². The van der Waals surface area contributed by atoms with Crippen molar-refractivity contribution in [2.75, 3.05) is 0 Å². The summed E-state index contributed by atoms with van der Waals surface area (Å²) in [5.41, 5.74) is 2.11. The Bertz CT molecular complexity index is 1230. The maximum absolute atomic E-state index is 13.9. The molecule has 1 aliphatic heterocycles. The molecule has 0 saturated carbocycles. The van der Waals surface area contributed by atoms with Crippen molar-refractivity contribution in [2.24, 2.45) is 0 Å². The minimum atomic E-state index is -1.19. The summed E-state index contributed by atoms with van der Waals surface area (Å²) in [5, 5.41) is 0. The minimum absolute atomic E-state index is 0.293. The highest BCUT2D eigenvalue weighted by Crippen LogP contribution is 2.53. The third-order valence-electron chi connectivity index (χ3n) is 6.52. The van der Waals surface area contributed by atoms with Crippen molar-refractivity contribution in [3.05, 3.63) is 144 Å². The quantitative estimate of drug-likeness (QED) is 0.353. The maximum atomic E-state index is 13.9. The van der Waals surface area contributed by atoms with Gasteiger partial charge in [0.2, 0.25) is 5.91 Å². The van der Waals surface area contributed by atoms with Crippen LogP contribution in [0.25, 0.3) is 0 Å². The number of rotatable bonds is 5. The first-order valence-electron chi connectivity index (χ1n) is 11.4. The summed E-state index contributed by atoms with van der Waals surface area (Å²) in [7, 11) is 0. The predicted molar refractivity (Wildman–Crippen MR) is 131 cm³/mol. The molecule has 1 heterocycles. The predicted octanol–water partition coefficient (Wildman–Crippen LogP) is 6.45. The molecule has 2 amide bonds. The Kier molecular flexibility index (Phi) is 5.72. The first-order chi connectivity index (χ1) is 16.6. The number of ether oxygens (including phenoxy) is 1. The molecule has 0 spiro atoms. The number of carbonyl (C=O) groups is 2. The molecule has 4 aromatic rings. The third-order valence-corrected chi connectivity index (χ3v) is 6.52. The molecule has 0 radical (unpaired) electrons. The van der Waals surface area contributed by atoms with Gasteiger partial charge in [0.25, 0.3) is 0 Å². The van der Waals surface area contributed by atoms with Crippen molar-refractivity contribution in [3.63, 3.8) is 0 Å². The number of amides is 2. The van der Waals surface area contributed by atoms with Crippen LogP contribution in [0.2, 0.25) is 0 Å². The molecule has 5 rings (SSSR count). The smallest absolute Gasteiger partial charge is 0.418 e. The fourth-order valence-corrected chi connectivity index (χ4v) is 4.83. The Morgan fingerprint density at radius 2 is 1.18 bits per heavy atom. The summed E-state index contributed by atoms with van der Waals surface area (Å²) in [5.74, 6) is -0.805. The van der Waals surface area contributed by atoms with E-state index in [0.29, 0.717) is 0 Å². The zero-order chi connectivity index (χ0) is 23.5. The van der Waals surface area contributed by atoms with Gasteiger partial charge in [-0.1, -0.05) is 121 Å². The highest BCUT2D eigenvalue weighted by atomic mass is 16.6. The van der Waals surface area contributed by atoms with Crippen LogP contribution in [-0.2, 0) is 15.1 Å². The minimum Gasteiger partial charge on any atom is -0.430 e. The van der Waals surface area contributed by atoms with Gasteiger partial charge < -0.3 is 4.74 Å². The summed E-state index contributed by atoms with van der Waals surface area (Å²) < 4.78 is 6.27. The van der Waals surface area contributed by atoms with E-state index in [1.54, 1.807) is 0 Å². The van der Waals surface area contributed by atoms with Crippen LogP contribution in [0.3, 0.4) is 0 Å². The molecular formula is C30H25NO3. The van der Waals surface area contributed by atoms with E-state index in [2.05, 4.69) is 0 Å². The molecular weight excluding hydrogens is 422 g/mol. The van der Waals surface area contributed by atoms with E-state index in [-0.39, 0.29) is 5.91 Å². The van der Waals surface area contributed by atoms with E-state index in [1.807, 2.05) is 128 Å². The second-order valence-electron chi connectivity index (χ2n) is 8.49. The summed E-state index contributed by atoms with van der Waals surface area (Å²) >= 11 is 0. The average Bonchev–Trinajstić information content (AvgIpc) is 3.23. The molecule has 2 atom stereocenters. The molecule has 0 bridgehead atoms. The Morgan fingerprint density at radius 3 is 1.68 bits per heavy atom. The van der Waals surface area contributed by atoms with Crippen molar-refractivity contribution >= 4 is 12.0 Å². The van der Waals surface area contributed by atoms with Gasteiger partial charge >= 0.3 is 6.09 Å². The topological polar surface area (TPSA) is 46.6 Å². The summed E-state index contributed by atoms with van der Waals surface area (Å²) in [6, 6.07) is 37.8. The molecule has 168 valence electrons. The van der Waals surface area contributed by atoms with Crippen LogP contribution in [0, 0.1) is 0 Å². The van der Waals surface area contributed by atoms with Crippen LogP contribution < -0.4 is 0 Å². The normalized spacial score (nSPS) is 17.7. The number of hydrogen-bond acceptors (Lipinski definition) is 3. The van der Waals surface area contributed by atoms with E-state index in [0.717, 1.165) is 22.3 Å². The highest BCUT2D eigenvalue weighted by molar-refractivity contribution is 5.98. The van der Waals surface area contributed by atoms with Crippen molar-refractivity contribution in [2.45, 2.75) is 24.5 Å². The van der Waals surface area contributed by atoms with Gasteiger partial charge in [0.1, 0.15) is 6.04 Å². The second kappa shape index (κ2) is 8.99. The Morgan fingerprint density at radius 1 is 0.735 bits per heavy atom. The number of benzene rings is 4. The van der Waals surface area contributed by atoms with Gasteiger partial charge in [-0.25, -0.2) is 9.69 Å². The molecule has 1 saturated heterocycles. The number of cyclic esters (lactones) is 1. The lowest BCUT2D eigenvalue weighted by atomic mass is 9.77. The first-order valence-corrected chi connectivity index (χ1v) is 11.4. The summed E-state index contributed by atoms with van der Waals surface area (Å²) in [6.07, 6.45) is -0.644. The van der Waals surface area contributed by atoms with E-state index in [1.165, 1.54) is 4.90 Å². The Labute approximate surface area is 199 Å². The van der Waals surface area contributed by atoms with Crippen molar-refractivity contribution in [1.82, 2.24) is 4.90 Å². The van der Waals surface area contributed by atoms with Crippen molar-refractivity contribution in [3.8, 4) is 0 Å². The molecule has 4 nitrogen and oxygen atoms in total. The number of carbonyl (C=O) groups excluding carboxylic acids is 2. The van der Waals surface area contributed by atoms with E-state index < -0.39 is 23.7 Å².